The fraction of sp³-hybridized carbons (Fsp3) is 0.571. The lowest BCUT2D eigenvalue weighted by Crippen LogP contribution is -2.38. The molecule has 2 nitrogen and oxygen atoms in total. The van der Waals surface area contributed by atoms with Crippen LogP contribution in [0.2, 0.25) is 5.02 Å². The first kappa shape index (κ1) is 15.4. The number of anilines is 1. The molecule has 0 saturated heterocycles. The largest absolute Gasteiger partial charge is 0.417 e. The molecule has 2 N–H and O–H groups in total. The minimum atomic E-state index is -4.48. The number of hydrogen-bond donors (Lipinski definition) is 2. The smallest absolute Gasteiger partial charge is 0.388 e. The Morgan fingerprint density at radius 3 is 2.45 bits per heavy atom. The van der Waals surface area contributed by atoms with Gasteiger partial charge in [-0.25, -0.2) is 0 Å². The average molecular weight is 308 g/mol. The molecule has 0 amide bonds. The minimum absolute atomic E-state index is 0.256. The first-order valence-electron chi connectivity index (χ1n) is 6.63. The molecular formula is C14H17ClF3NO. The molecule has 1 aromatic carbocycles. The van der Waals surface area contributed by atoms with Crippen LogP contribution in [0.15, 0.2) is 18.2 Å². The standard InChI is InChI=1S/C14H17ClF3NO/c15-12-5-4-10(8-11(12)14(16,17)18)19-9-13(20)6-2-1-3-7-13/h4-5,8,19-20H,1-3,6-7,9H2. The van der Waals surface area contributed by atoms with Crippen LogP contribution in [-0.4, -0.2) is 17.3 Å². The first-order chi connectivity index (χ1) is 9.30. The maximum atomic E-state index is 12.7. The average Bonchev–Trinajstić information content (AvgIpc) is 2.37. The monoisotopic (exact) mass is 307 g/mol. The van der Waals surface area contributed by atoms with Crippen molar-refractivity contribution in [3.8, 4) is 0 Å². The molecule has 0 spiro atoms. The molecule has 0 radical (unpaired) electrons. The zero-order chi connectivity index (χ0) is 14.8. The number of aliphatic hydroxyl groups is 1. The molecule has 0 aromatic heterocycles. The molecule has 1 aliphatic rings. The van der Waals surface area contributed by atoms with E-state index in [-0.39, 0.29) is 11.6 Å². The Hall–Kier alpha value is -0.940. The van der Waals surface area contributed by atoms with Crippen LogP contribution >= 0.6 is 11.6 Å². The molecule has 1 fully saturated rings. The van der Waals surface area contributed by atoms with Crippen molar-refractivity contribution in [1.82, 2.24) is 0 Å². The van der Waals surface area contributed by atoms with Crippen molar-refractivity contribution in [1.29, 1.82) is 0 Å². The summed E-state index contributed by atoms with van der Waals surface area (Å²) in [5.41, 5.74) is -1.36. The summed E-state index contributed by atoms with van der Waals surface area (Å²) >= 11 is 5.56. The van der Waals surface area contributed by atoms with E-state index in [9.17, 15) is 18.3 Å². The second-order valence-electron chi connectivity index (χ2n) is 5.33. The molecule has 112 valence electrons. The molecule has 0 bridgehead atoms. The predicted octanol–water partition coefficient (Wildman–Crippen LogP) is 4.47. The summed E-state index contributed by atoms with van der Waals surface area (Å²) in [5, 5.41) is 12.9. The molecule has 20 heavy (non-hydrogen) atoms. The van der Waals surface area contributed by atoms with E-state index in [0.717, 1.165) is 25.3 Å². The number of rotatable bonds is 3. The van der Waals surface area contributed by atoms with Gasteiger partial charge in [0.1, 0.15) is 0 Å². The van der Waals surface area contributed by atoms with Crippen LogP contribution in [0.5, 0.6) is 0 Å². The van der Waals surface area contributed by atoms with Gasteiger partial charge >= 0.3 is 6.18 Å². The van der Waals surface area contributed by atoms with Crippen LogP contribution in [0.25, 0.3) is 0 Å². The number of benzene rings is 1. The van der Waals surface area contributed by atoms with Crippen molar-refractivity contribution in [2.24, 2.45) is 0 Å². The molecule has 1 aliphatic carbocycles. The van der Waals surface area contributed by atoms with Crippen LogP contribution in [0.3, 0.4) is 0 Å². The third-order valence-electron chi connectivity index (χ3n) is 3.68. The van der Waals surface area contributed by atoms with Crippen LogP contribution in [-0.2, 0) is 6.18 Å². The fourth-order valence-electron chi connectivity index (χ4n) is 2.51. The van der Waals surface area contributed by atoms with Crippen molar-refractivity contribution in [2.45, 2.75) is 43.9 Å². The topological polar surface area (TPSA) is 32.3 Å². The molecule has 0 atom stereocenters. The maximum Gasteiger partial charge on any atom is 0.417 e. The van der Waals surface area contributed by atoms with Gasteiger partial charge in [0, 0.05) is 12.2 Å². The number of alkyl halides is 3. The van der Waals surface area contributed by atoms with Gasteiger partial charge < -0.3 is 10.4 Å². The van der Waals surface area contributed by atoms with Gasteiger partial charge in [0.2, 0.25) is 0 Å². The zero-order valence-electron chi connectivity index (χ0n) is 10.9. The van der Waals surface area contributed by atoms with Crippen molar-refractivity contribution in [3.63, 3.8) is 0 Å². The van der Waals surface area contributed by atoms with Crippen molar-refractivity contribution in [2.75, 3.05) is 11.9 Å². The summed E-state index contributed by atoms with van der Waals surface area (Å²) in [6.07, 6.45) is -0.114. The molecular weight excluding hydrogens is 291 g/mol. The lowest BCUT2D eigenvalue weighted by molar-refractivity contribution is -0.137. The van der Waals surface area contributed by atoms with Crippen molar-refractivity contribution in [3.05, 3.63) is 28.8 Å². The van der Waals surface area contributed by atoms with E-state index in [1.54, 1.807) is 0 Å². The summed E-state index contributed by atoms with van der Waals surface area (Å²) in [7, 11) is 0. The first-order valence-corrected chi connectivity index (χ1v) is 7.01. The van der Waals surface area contributed by atoms with Gasteiger partial charge in [0.05, 0.1) is 16.2 Å². The Morgan fingerprint density at radius 2 is 1.85 bits per heavy atom. The molecule has 1 saturated carbocycles. The summed E-state index contributed by atoms with van der Waals surface area (Å²) in [5.74, 6) is 0. The molecule has 0 heterocycles. The Morgan fingerprint density at radius 1 is 1.20 bits per heavy atom. The van der Waals surface area contributed by atoms with Gasteiger partial charge in [-0.1, -0.05) is 30.9 Å². The predicted molar refractivity (Wildman–Crippen MR) is 73.0 cm³/mol. The summed E-state index contributed by atoms with van der Waals surface area (Å²) in [4.78, 5) is 0. The fourth-order valence-corrected chi connectivity index (χ4v) is 2.73. The molecule has 0 aliphatic heterocycles. The van der Waals surface area contributed by atoms with E-state index in [1.807, 2.05) is 0 Å². The summed E-state index contributed by atoms with van der Waals surface area (Å²) in [6, 6.07) is 3.69. The minimum Gasteiger partial charge on any atom is -0.388 e. The highest BCUT2D eigenvalue weighted by molar-refractivity contribution is 6.31. The van der Waals surface area contributed by atoms with E-state index >= 15 is 0 Å². The van der Waals surface area contributed by atoms with Gasteiger partial charge in [0.15, 0.2) is 0 Å². The Balaban J connectivity index is 2.06. The van der Waals surface area contributed by atoms with Gasteiger partial charge in [-0.2, -0.15) is 13.2 Å². The van der Waals surface area contributed by atoms with Crippen LogP contribution in [0.1, 0.15) is 37.7 Å². The van der Waals surface area contributed by atoms with Gasteiger partial charge in [0.25, 0.3) is 0 Å². The SMILES string of the molecule is OC1(CNc2ccc(Cl)c(C(F)(F)F)c2)CCCCC1. The quantitative estimate of drug-likeness (QED) is 0.863. The molecule has 1 aromatic rings. The lowest BCUT2D eigenvalue weighted by atomic mass is 9.85. The number of halogens is 4. The van der Waals surface area contributed by atoms with E-state index in [1.165, 1.54) is 12.1 Å². The van der Waals surface area contributed by atoms with Crippen LogP contribution in [0.4, 0.5) is 18.9 Å². The van der Waals surface area contributed by atoms with Gasteiger partial charge in [-0.15, -0.1) is 0 Å². The third kappa shape index (κ3) is 3.79. The maximum absolute atomic E-state index is 12.7. The highest BCUT2D eigenvalue weighted by Crippen LogP contribution is 2.36. The van der Waals surface area contributed by atoms with E-state index in [0.29, 0.717) is 18.5 Å². The molecule has 0 unspecified atom stereocenters. The van der Waals surface area contributed by atoms with E-state index < -0.39 is 17.3 Å². The summed E-state index contributed by atoms with van der Waals surface area (Å²) in [6.45, 7) is 0.256. The van der Waals surface area contributed by atoms with Gasteiger partial charge in [-0.3, -0.25) is 0 Å². The Kier molecular flexibility index (Phi) is 4.49. The van der Waals surface area contributed by atoms with E-state index in [4.69, 9.17) is 11.6 Å². The second kappa shape index (κ2) is 5.82. The highest BCUT2D eigenvalue weighted by Gasteiger charge is 2.34. The number of nitrogens with one attached hydrogen (secondary N) is 1. The van der Waals surface area contributed by atoms with E-state index in [2.05, 4.69) is 5.32 Å². The Bertz CT molecular complexity index is 470. The zero-order valence-corrected chi connectivity index (χ0v) is 11.7. The highest BCUT2D eigenvalue weighted by atomic mass is 35.5. The van der Waals surface area contributed by atoms with Crippen LogP contribution in [0, 0.1) is 0 Å². The molecule has 2 rings (SSSR count). The second-order valence-corrected chi connectivity index (χ2v) is 5.74. The van der Waals surface area contributed by atoms with Gasteiger partial charge in [-0.05, 0) is 31.0 Å². The normalized spacial score (nSPS) is 18.9. The number of hydrogen-bond acceptors (Lipinski definition) is 2. The Labute approximate surface area is 120 Å². The molecule has 6 heteroatoms. The van der Waals surface area contributed by atoms with Crippen LogP contribution < -0.4 is 5.32 Å². The van der Waals surface area contributed by atoms with Crippen molar-refractivity contribution < 1.29 is 18.3 Å². The third-order valence-corrected chi connectivity index (χ3v) is 4.01. The van der Waals surface area contributed by atoms with Crippen molar-refractivity contribution >= 4 is 17.3 Å². The summed E-state index contributed by atoms with van der Waals surface area (Å²) < 4.78 is 38.2. The lowest BCUT2D eigenvalue weighted by Gasteiger charge is -2.32.